The Kier molecular flexibility index (Phi) is 4.28. The minimum Gasteiger partial charge on any atom is -0.508 e. The van der Waals surface area contributed by atoms with E-state index in [4.69, 9.17) is 5.73 Å². The highest BCUT2D eigenvalue weighted by Crippen LogP contribution is 2.42. The Bertz CT molecular complexity index is 390. The number of hydrogen-bond donors (Lipinski definition) is 2. The second-order valence-corrected chi connectivity index (χ2v) is 5.92. The summed E-state index contributed by atoms with van der Waals surface area (Å²) >= 11 is 0. The average molecular weight is 247 g/mol. The van der Waals surface area contributed by atoms with Gasteiger partial charge in [-0.15, -0.1) is 0 Å². The van der Waals surface area contributed by atoms with E-state index in [9.17, 15) is 5.11 Å². The number of phenolic OH excluding ortho intramolecular Hbond substituents is 1. The Morgan fingerprint density at radius 2 is 2.28 bits per heavy atom. The standard InChI is InChI=1S/C16H25NO/c1-2-13-6-4-8-16(10-13,12-17)11-14-5-3-7-15(18)9-14/h3,5,7,9,13,18H,2,4,6,8,10-12,17H2,1H3. The van der Waals surface area contributed by atoms with E-state index in [-0.39, 0.29) is 5.41 Å². The Labute approximate surface area is 110 Å². The third kappa shape index (κ3) is 3.05. The molecule has 1 aliphatic carbocycles. The molecule has 1 aromatic carbocycles. The van der Waals surface area contributed by atoms with Crippen LogP contribution in [0, 0.1) is 11.3 Å². The lowest BCUT2D eigenvalue weighted by molar-refractivity contribution is 0.142. The van der Waals surface area contributed by atoms with Gasteiger partial charge in [0.2, 0.25) is 0 Å². The second kappa shape index (κ2) is 5.75. The predicted octanol–water partition coefficient (Wildman–Crippen LogP) is 3.48. The van der Waals surface area contributed by atoms with Crippen molar-refractivity contribution >= 4 is 0 Å². The molecule has 1 aromatic rings. The maximum atomic E-state index is 9.57. The summed E-state index contributed by atoms with van der Waals surface area (Å²) in [4.78, 5) is 0. The highest BCUT2D eigenvalue weighted by Gasteiger charge is 2.34. The molecule has 0 aromatic heterocycles. The molecule has 1 saturated carbocycles. The lowest BCUT2D eigenvalue weighted by Gasteiger charge is -2.40. The molecule has 0 aliphatic heterocycles. The second-order valence-electron chi connectivity index (χ2n) is 5.92. The number of phenols is 1. The third-order valence-corrected chi connectivity index (χ3v) is 4.54. The molecule has 0 saturated heterocycles. The quantitative estimate of drug-likeness (QED) is 0.855. The molecule has 1 fully saturated rings. The van der Waals surface area contributed by atoms with Crippen molar-refractivity contribution in [3.63, 3.8) is 0 Å². The summed E-state index contributed by atoms with van der Waals surface area (Å²) in [7, 11) is 0. The van der Waals surface area contributed by atoms with Crippen molar-refractivity contribution in [2.75, 3.05) is 6.54 Å². The fourth-order valence-electron chi connectivity index (χ4n) is 3.45. The van der Waals surface area contributed by atoms with Crippen LogP contribution in [-0.2, 0) is 6.42 Å². The zero-order valence-electron chi connectivity index (χ0n) is 11.4. The number of benzene rings is 1. The van der Waals surface area contributed by atoms with Crippen LogP contribution >= 0.6 is 0 Å². The first-order valence-electron chi connectivity index (χ1n) is 7.15. The highest BCUT2D eigenvalue weighted by atomic mass is 16.3. The van der Waals surface area contributed by atoms with Crippen LogP contribution in [0.25, 0.3) is 0 Å². The molecule has 0 radical (unpaired) electrons. The van der Waals surface area contributed by atoms with Crippen molar-refractivity contribution in [1.29, 1.82) is 0 Å². The molecule has 2 nitrogen and oxygen atoms in total. The van der Waals surface area contributed by atoms with Crippen LogP contribution in [0.3, 0.4) is 0 Å². The Hall–Kier alpha value is -1.02. The Morgan fingerprint density at radius 1 is 1.44 bits per heavy atom. The summed E-state index contributed by atoms with van der Waals surface area (Å²) in [5.41, 5.74) is 7.55. The predicted molar refractivity (Wildman–Crippen MR) is 75.5 cm³/mol. The normalized spacial score (nSPS) is 28.2. The van der Waals surface area contributed by atoms with Crippen molar-refractivity contribution in [1.82, 2.24) is 0 Å². The summed E-state index contributed by atoms with van der Waals surface area (Å²) < 4.78 is 0. The van der Waals surface area contributed by atoms with Crippen molar-refractivity contribution < 1.29 is 5.11 Å². The van der Waals surface area contributed by atoms with E-state index in [2.05, 4.69) is 13.0 Å². The van der Waals surface area contributed by atoms with Crippen LogP contribution in [0.1, 0.15) is 44.6 Å². The zero-order chi connectivity index (χ0) is 13.0. The van der Waals surface area contributed by atoms with E-state index in [1.54, 1.807) is 6.07 Å². The first-order chi connectivity index (χ1) is 8.67. The molecule has 0 spiro atoms. The molecule has 0 bridgehead atoms. The fourth-order valence-corrected chi connectivity index (χ4v) is 3.45. The van der Waals surface area contributed by atoms with Crippen LogP contribution in [0.15, 0.2) is 24.3 Å². The number of aromatic hydroxyl groups is 1. The van der Waals surface area contributed by atoms with E-state index in [0.29, 0.717) is 5.75 Å². The number of hydrogen-bond acceptors (Lipinski definition) is 2. The summed E-state index contributed by atoms with van der Waals surface area (Å²) in [6.07, 6.45) is 7.41. The number of nitrogens with two attached hydrogens (primary N) is 1. The molecule has 18 heavy (non-hydrogen) atoms. The van der Waals surface area contributed by atoms with Gasteiger partial charge in [-0.25, -0.2) is 0 Å². The van der Waals surface area contributed by atoms with Crippen molar-refractivity contribution in [3.05, 3.63) is 29.8 Å². The first-order valence-corrected chi connectivity index (χ1v) is 7.15. The largest absolute Gasteiger partial charge is 0.508 e. The van der Waals surface area contributed by atoms with E-state index in [0.717, 1.165) is 18.9 Å². The van der Waals surface area contributed by atoms with Crippen LogP contribution < -0.4 is 5.73 Å². The van der Waals surface area contributed by atoms with Gasteiger partial charge in [0.05, 0.1) is 0 Å². The molecule has 100 valence electrons. The Balaban J connectivity index is 2.12. The molecule has 2 unspecified atom stereocenters. The van der Waals surface area contributed by atoms with Crippen molar-refractivity contribution in [2.24, 2.45) is 17.1 Å². The smallest absolute Gasteiger partial charge is 0.115 e. The molecule has 2 heteroatoms. The van der Waals surface area contributed by atoms with Gasteiger partial charge in [-0.2, -0.15) is 0 Å². The molecule has 0 heterocycles. The lowest BCUT2D eigenvalue weighted by Crippen LogP contribution is -2.37. The first kappa shape index (κ1) is 13.4. The monoisotopic (exact) mass is 247 g/mol. The van der Waals surface area contributed by atoms with Gasteiger partial charge >= 0.3 is 0 Å². The van der Waals surface area contributed by atoms with Gasteiger partial charge in [-0.05, 0) is 54.8 Å². The number of rotatable bonds is 4. The highest BCUT2D eigenvalue weighted by molar-refractivity contribution is 5.28. The minimum absolute atomic E-state index is 0.257. The van der Waals surface area contributed by atoms with Crippen LogP contribution in [0.2, 0.25) is 0 Å². The maximum Gasteiger partial charge on any atom is 0.115 e. The summed E-state index contributed by atoms with van der Waals surface area (Å²) in [5.74, 6) is 1.20. The van der Waals surface area contributed by atoms with Gasteiger partial charge in [0.25, 0.3) is 0 Å². The fraction of sp³-hybridized carbons (Fsp3) is 0.625. The third-order valence-electron chi connectivity index (χ3n) is 4.54. The summed E-state index contributed by atoms with van der Waals surface area (Å²) in [5, 5.41) is 9.57. The molecule has 2 atom stereocenters. The molecule has 3 N–H and O–H groups in total. The molecular formula is C16H25NO. The lowest BCUT2D eigenvalue weighted by atomic mass is 9.66. The maximum absolute atomic E-state index is 9.57. The average Bonchev–Trinajstić information content (AvgIpc) is 2.39. The van der Waals surface area contributed by atoms with Crippen molar-refractivity contribution in [2.45, 2.75) is 45.4 Å². The van der Waals surface area contributed by atoms with Gasteiger partial charge in [-0.3, -0.25) is 0 Å². The summed E-state index contributed by atoms with van der Waals surface area (Å²) in [6.45, 7) is 3.05. The topological polar surface area (TPSA) is 46.2 Å². The van der Waals surface area contributed by atoms with E-state index < -0.39 is 0 Å². The van der Waals surface area contributed by atoms with Crippen LogP contribution in [0.4, 0.5) is 0 Å². The SMILES string of the molecule is CCC1CCCC(CN)(Cc2cccc(O)c2)C1. The van der Waals surface area contributed by atoms with E-state index >= 15 is 0 Å². The van der Waals surface area contributed by atoms with Crippen LogP contribution in [0.5, 0.6) is 5.75 Å². The molecular weight excluding hydrogens is 222 g/mol. The van der Waals surface area contributed by atoms with Gasteiger partial charge in [0.1, 0.15) is 5.75 Å². The van der Waals surface area contributed by atoms with E-state index in [1.807, 2.05) is 12.1 Å². The summed E-state index contributed by atoms with van der Waals surface area (Å²) in [6, 6.07) is 7.64. The molecule has 1 aliphatic rings. The van der Waals surface area contributed by atoms with Gasteiger partial charge in [0, 0.05) is 0 Å². The van der Waals surface area contributed by atoms with E-state index in [1.165, 1.54) is 37.7 Å². The molecule has 2 rings (SSSR count). The molecule has 0 amide bonds. The Morgan fingerprint density at radius 3 is 2.94 bits per heavy atom. The van der Waals surface area contributed by atoms with Gasteiger partial charge < -0.3 is 10.8 Å². The minimum atomic E-state index is 0.257. The van der Waals surface area contributed by atoms with Gasteiger partial charge in [0.15, 0.2) is 0 Å². The van der Waals surface area contributed by atoms with Crippen molar-refractivity contribution in [3.8, 4) is 5.75 Å². The zero-order valence-corrected chi connectivity index (χ0v) is 11.4. The van der Waals surface area contributed by atoms with Gasteiger partial charge in [-0.1, -0.05) is 38.3 Å². The van der Waals surface area contributed by atoms with Crippen LogP contribution in [-0.4, -0.2) is 11.7 Å².